The van der Waals surface area contributed by atoms with Crippen molar-refractivity contribution in [1.82, 2.24) is 4.98 Å². The Labute approximate surface area is 149 Å². The van der Waals surface area contributed by atoms with Gasteiger partial charge in [-0.1, -0.05) is 25.7 Å². The van der Waals surface area contributed by atoms with Gasteiger partial charge in [0.15, 0.2) is 5.82 Å². The molecule has 2 aliphatic rings. The van der Waals surface area contributed by atoms with E-state index in [0.29, 0.717) is 11.4 Å². The van der Waals surface area contributed by atoms with Crippen LogP contribution in [-0.2, 0) is 22.4 Å². The zero-order valence-corrected chi connectivity index (χ0v) is 15.0. The van der Waals surface area contributed by atoms with Crippen LogP contribution in [-0.4, -0.2) is 23.1 Å². The predicted octanol–water partition coefficient (Wildman–Crippen LogP) is 3.90. The van der Waals surface area contributed by atoms with Crippen LogP contribution in [0.5, 0.6) is 0 Å². The highest BCUT2D eigenvalue weighted by molar-refractivity contribution is 5.94. The highest BCUT2D eigenvalue weighted by Gasteiger charge is 2.23. The molecule has 25 heavy (non-hydrogen) atoms. The standard InChI is InChI=1S/C20H27N3O2/c1-14(25-17-9-4-2-3-5-10-17)20(24)23-19-16(13-21)12-15-8-6-7-11-18(15)22-19/h12,14,17H,2-11H2,1H3,(H,22,23,24). The molecule has 0 aromatic carbocycles. The normalized spacial score (nSPS) is 19.4. The lowest BCUT2D eigenvalue weighted by atomic mass is 9.95. The Balaban J connectivity index is 1.66. The molecule has 1 N–H and O–H groups in total. The molecule has 2 aliphatic carbocycles. The Morgan fingerprint density at radius 2 is 1.96 bits per heavy atom. The predicted molar refractivity (Wildman–Crippen MR) is 96.3 cm³/mol. The number of hydrogen-bond acceptors (Lipinski definition) is 4. The lowest BCUT2D eigenvalue weighted by molar-refractivity contribution is -0.130. The van der Waals surface area contributed by atoms with E-state index < -0.39 is 6.10 Å². The van der Waals surface area contributed by atoms with Crippen molar-refractivity contribution in [3.63, 3.8) is 0 Å². The number of fused-ring (bicyclic) bond motifs is 1. The summed E-state index contributed by atoms with van der Waals surface area (Å²) in [6.07, 6.45) is 10.7. The summed E-state index contributed by atoms with van der Waals surface area (Å²) in [5, 5.41) is 12.2. The van der Waals surface area contributed by atoms with Crippen LogP contribution in [0.3, 0.4) is 0 Å². The molecule has 1 amide bonds. The Kier molecular flexibility index (Phi) is 6.04. The van der Waals surface area contributed by atoms with Crippen molar-refractivity contribution in [3.8, 4) is 6.07 Å². The summed E-state index contributed by atoms with van der Waals surface area (Å²) in [6.45, 7) is 1.78. The monoisotopic (exact) mass is 341 g/mol. The molecule has 134 valence electrons. The SMILES string of the molecule is CC(OC1CCCCCC1)C(=O)Nc1nc2c(cc1C#N)CCCC2. The number of aryl methyl sites for hydroxylation is 2. The van der Waals surface area contributed by atoms with E-state index in [-0.39, 0.29) is 12.0 Å². The smallest absolute Gasteiger partial charge is 0.254 e. The van der Waals surface area contributed by atoms with E-state index in [1.807, 2.05) is 6.07 Å². The van der Waals surface area contributed by atoms with Crippen molar-refractivity contribution in [2.75, 3.05) is 5.32 Å². The number of nitrogens with one attached hydrogen (secondary N) is 1. The van der Waals surface area contributed by atoms with Gasteiger partial charge in [0.2, 0.25) is 0 Å². The van der Waals surface area contributed by atoms with Crippen LogP contribution in [0.15, 0.2) is 6.07 Å². The van der Waals surface area contributed by atoms with E-state index in [0.717, 1.165) is 49.8 Å². The van der Waals surface area contributed by atoms with Crippen molar-refractivity contribution in [1.29, 1.82) is 5.26 Å². The maximum absolute atomic E-state index is 12.5. The minimum Gasteiger partial charge on any atom is -0.365 e. The van der Waals surface area contributed by atoms with Gasteiger partial charge in [-0.05, 0) is 57.1 Å². The molecule has 3 rings (SSSR count). The maximum Gasteiger partial charge on any atom is 0.254 e. The first-order valence-corrected chi connectivity index (χ1v) is 9.56. The number of nitriles is 1. The molecular formula is C20H27N3O2. The Bertz CT molecular complexity index is 658. The van der Waals surface area contributed by atoms with Crippen LogP contribution in [0.2, 0.25) is 0 Å². The van der Waals surface area contributed by atoms with Crippen molar-refractivity contribution >= 4 is 11.7 Å². The van der Waals surface area contributed by atoms with Crippen molar-refractivity contribution in [2.45, 2.75) is 83.3 Å². The van der Waals surface area contributed by atoms with Crippen LogP contribution in [0, 0.1) is 11.3 Å². The minimum absolute atomic E-state index is 0.162. The first kappa shape index (κ1) is 17.9. The van der Waals surface area contributed by atoms with Gasteiger partial charge in [0.1, 0.15) is 12.2 Å². The molecule has 5 heteroatoms. The van der Waals surface area contributed by atoms with Gasteiger partial charge in [0, 0.05) is 5.69 Å². The van der Waals surface area contributed by atoms with Gasteiger partial charge in [-0.25, -0.2) is 4.98 Å². The Morgan fingerprint density at radius 3 is 2.68 bits per heavy atom. The van der Waals surface area contributed by atoms with Gasteiger partial charge < -0.3 is 10.1 Å². The number of hydrogen-bond donors (Lipinski definition) is 1. The molecule has 1 aromatic heterocycles. The molecule has 1 atom stereocenters. The van der Waals surface area contributed by atoms with E-state index in [1.165, 1.54) is 25.7 Å². The third-order valence-electron chi connectivity index (χ3n) is 5.23. The molecule has 1 saturated carbocycles. The van der Waals surface area contributed by atoms with Gasteiger partial charge in [0.25, 0.3) is 5.91 Å². The second-order valence-electron chi connectivity index (χ2n) is 7.19. The molecule has 0 radical (unpaired) electrons. The number of pyridine rings is 1. The summed E-state index contributed by atoms with van der Waals surface area (Å²) in [7, 11) is 0. The minimum atomic E-state index is -0.535. The lowest BCUT2D eigenvalue weighted by Gasteiger charge is -2.21. The number of nitrogens with zero attached hydrogens (tertiary/aromatic N) is 2. The van der Waals surface area contributed by atoms with Crippen LogP contribution in [0.4, 0.5) is 5.82 Å². The summed E-state index contributed by atoms with van der Waals surface area (Å²) in [4.78, 5) is 17.1. The van der Waals surface area contributed by atoms with Gasteiger partial charge >= 0.3 is 0 Å². The lowest BCUT2D eigenvalue weighted by Crippen LogP contribution is -2.32. The van der Waals surface area contributed by atoms with E-state index in [1.54, 1.807) is 6.92 Å². The molecule has 5 nitrogen and oxygen atoms in total. The topological polar surface area (TPSA) is 75.0 Å². The summed E-state index contributed by atoms with van der Waals surface area (Å²) in [5.74, 6) is 0.161. The number of aromatic nitrogens is 1. The summed E-state index contributed by atoms with van der Waals surface area (Å²) in [5.41, 5.74) is 2.59. The highest BCUT2D eigenvalue weighted by atomic mass is 16.5. The first-order valence-electron chi connectivity index (χ1n) is 9.56. The Morgan fingerprint density at radius 1 is 1.24 bits per heavy atom. The summed E-state index contributed by atoms with van der Waals surface area (Å²) in [6, 6.07) is 4.04. The fourth-order valence-electron chi connectivity index (χ4n) is 3.76. The van der Waals surface area contributed by atoms with Crippen molar-refractivity contribution in [3.05, 3.63) is 22.9 Å². The van der Waals surface area contributed by atoms with Crippen molar-refractivity contribution in [2.24, 2.45) is 0 Å². The van der Waals surface area contributed by atoms with Crippen LogP contribution in [0.25, 0.3) is 0 Å². The molecule has 1 fully saturated rings. The molecule has 1 aromatic rings. The largest absolute Gasteiger partial charge is 0.365 e. The number of carbonyl (C=O) groups is 1. The first-order chi connectivity index (χ1) is 12.2. The average Bonchev–Trinajstić information content (AvgIpc) is 2.89. The molecule has 1 unspecified atom stereocenters. The molecule has 0 spiro atoms. The third-order valence-corrected chi connectivity index (χ3v) is 5.23. The molecule has 1 heterocycles. The fraction of sp³-hybridized carbons (Fsp3) is 0.650. The van der Waals surface area contributed by atoms with Crippen LogP contribution in [0.1, 0.15) is 75.1 Å². The van der Waals surface area contributed by atoms with E-state index in [2.05, 4.69) is 16.4 Å². The molecule has 0 saturated heterocycles. The maximum atomic E-state index is 12.5. The van der Waals surface area contributed by atoms with Gasteiger partial charge in [-0.2, -0.15) is 5.26 Å². The van der Waals surface area contributed by atoms with E-state index >= 15 is 0 Å². The molecule has 0 aliphatic heterocycles. The molecule has 0 bridgehead atoms. The Hall–Kier alpha value is -1.93. The van der Waals surface area contributed by atoms with Crippen molar-refractivity contribution < 1.29 is 9.53 Å². The number of amides is 1. The van der Waals surface area contributed by atoms with E-state index in [4.69, 9.17) is 4.74 Å². The van der Waals surface area contributed by atoms with Gasteiger partial charge in [-0.15, -0.1) is 0 Å². The van der Waals surface area contributed by atoms with E-state index in [9.17, 15) is 10.1 Å². The summed E-state index contributed by atoms with van der Waals surface area (Å²) < 4.78 is 5.97. The third kappa shape index (κ3) is 4.58. The zero-order chi connectivity index (χ0) is 17.6. The number of rotatable bonds is 4. The van der Waals surface area contributed by atoms with Gasteiger partial charge in [0.05, 0.1) is 11.7 Å². The number of carbonyl (C=O) groups excluding carboxylic acids is 1. The quantitative estimate of drug-likeness (QED) is 0.843. The zero-order valence-electron chi connectivity index (χ0n) is 15.0. The second kappa shape index (κ2) is 8.44. The molecular weight excluding hydrogens is 314 g/mol. The number of ether oxygens (including phenoxy) is 1. The second-order valence-corrected chi connectivity index (χ2v) is 7.19. The van der Waals surface area contributed by atoms with Crippen LogP contribution < -0.4 is 5.32 Å². The summed E-state index contributed by atoms with van der Waals surface area (Å²) >= 11 is 0. The fourth-order valence-corrected chi connectivity index (χ4v) is 3.76. The van der Waals surface area contributed by atoms with Crippen LogP contribution >= 0.6 is 0 Å². The number of anilines is 1. The van der Waals surface area contributed by atoms with Gasteiger partial charge in [-0.3, -0.25) is 4.79 Å². The average molecular weight is 341 g/mol. The highest BCUT2D eigenvalue weighted by Crippen LogP contribution is 2.25.